The van der Waals surface area contributed by atoms with Gasteiger partial charge in [-0.2, -0.15) is 4.98 Å². The Morgan fingerprint density at radius 1 is 0.795 bits per heavy atom. The van der Waals surface area contributed by atoms with Crippen LogP contribution in [-0.2, 0) is 14.2 Å². The lowest BCUT2D eigenvalue weighted by molar-refractivity contribution is -0.136. The molecule has 7 heterocycles. The topological polar surface area (TPSA) is 198 Å². The number of likely N-dealkylation sites (tertiary alicyclic amines) is 1. The number of fused-ring (bicyclic) bond motifs is 2. The predicted molar refractivity (Wildman–Crippen MR) is 281 cm³/mol. The molecule has 5 aliphatic heterocycles. The van der Waals surface area contributed by atoms with Gasteiger partial charge in [0.25, 0.3) is 11.8 Å². The van der Waals surface area contributed by atoms with Crippen LogP contribution in [0.15, 0.2) is 59.5 Å². The fourth-order valence-corrected chi connectivity index (χ4v) is 13.2. The fourth-order valence-electron chi connectivity index (χ4n) is 11.5. The Bertz CT molecular complexity index is 3080. The first kappa shape index (κ1) is 49.1. The SMILES string of the molecule is COc1cc(N2CCC(N3CCC(CN4CCN(c5cc6c(cc5F)C(=O)N(C5CCC(=O)NC5=O)C6=O)CC4)CC3)CC2)c(C2CC2)cc1Nc1ncc(Br)c(Nc2ccc3nccnc3c2P(C)(C)=O)n1. The Balaban J connectivity index is 0.678. The van der Waals surface area contributed by atoms with Crippen molar-refractivity contribution < 1.29 is 32.9 Å². The summed E-state index contributed by atoms with van der Waals surface area (Å²) in [6, 6.07) is 10.1. The lowest BCUT2D eigenvalue weighted by Gasteiger charge is -2.44. The van der Waals surface area contributed by atoms with Crippen LogP contribution in [0.1, 0.15) is 83.6 Å². The molecule has 0 radical (unpaired) electrons. The number of ether oxygens (including phenoxy) is 1. The molecule has 3 N–H and O–H groups in total. The number of halogens is 2. The van der Waals surface area contributed by atoms with E-state index in [-0.39, 0.29) is 29.7 Å². The first-order chi connectivity index (χ1) is 35.2. The number of methoxy groups -OCH3 is 1. The standard InChI is InChI=1S/C52H59BrFN12O6P/c1-72-44-27-42(33(31-4-5-31)25-40(44)59-52-57-28-36(53)48(61-52)58-39-7-6-38-46(56-15-14-55-38)47(39)73(2,3)71)64-18-12-32(13-19-64)63-16-10-30(11-17-63)29-62-20-22-65(23-21-62)43-26-35-34(24-37(43)54)50(69)66(51(35)70)41-8-9-45(67)60-49(41)68/h6-7,14-15,24-28,30-32,41H,4-5,8-13,16-23,29H2,1-3H3,(H,60,67,68)(H2,57,58,59,61). The maximum atomic E-state index is 15.6. The second-order valence-electron chi connectivity index (χ2n) is 20.5. The summed E-state index contributed by atoms with van der Waals surface area (Å²) in [6.45, 7) is 11.2. The van der Waals surface area contributed by atoms with E-state index in [9.17, 15) is 23.7 Å². The molecule has 0 spiro atoms. The smallest absolute Gasteiger partial charge is 0.262 e. The molecule has 1 saturated carbocycles. The van der Waals surface area contributed by atoms with E-state index in [0.29, 0.717) is 75.0 Å². The molecule has 18 nitrogen and oxygen atoms in total. The minimum absolute atomic E-state index is 0.0223. The van der Waals surface area contributed by atoms with Crippen LogP contribution in [0.2, 0.25) is 0 Å². The normalized spacial score (nSPS) is 20.7. The van der Waals surface area contributed by atoms with E-state index in [4.69, 9.17) is 9.72 Å². The van der Waals surface area contributed by atoms with E-state index in [1.165, 1.54) is 17.3 Å². The zero-order valence-electron chi connectivity index (χ0n) is 41.2. The van der Waals surface area contributed by atoms with Crippen LogP contribution < -0.4 is 35.8 Å². The highest BCUT2D eigenvalue weighted by atomic mass is 79.9. The highest BCUT2D eigenvalue weighted by Crippen LogP contribution is 2.49. The molecular weight excluding hydrogens is 1020 g/mol. The van der Waals surface area contributed by atoms with Crippen LogP contribution in [0.5, 0.6) is 5.75 Å². The van der Waals surface area contributed by atoms with Gasteiger partial charge in [-0.15, -0.1) is 0 Å². The summed E-state index contributed by atoms with van der Waals surface area (Å²) in [4.78, 5) is 79.7. The predicted octanol–water partition coefficient (Wildman–Crippen LogP) is 6.85. The van der Waals surface area contributed by atoms with Crippen molar-refractivity contribution >= 4 is 97.6 Å². The van der Waals surface area contributed by atoms with Crippen LogP contribution in [0.25, 0.3) is 11.0 Å². The number of rotatable bonds is 13. The third-order valence-corrected chi connectivity index (χ3v) is 17.6. The van der Waals surface area contributed by atoms with Crippen molar-refractivity contribution in [3.05, 3.63) is 82.0 Å². The molecule has 21 heteroatoms. The summed E-state index contributed by atoms with van der Waals surface area (Å²) in [7, 11) is -1.10. The van der Waals surface area contributed by atoms with E-state index in [1.807, 2.05) is 17.0 Å². The van der Waals surface area contributed by atoms with Gasteiger partial charge in [0.2, 0.25) is 17.8 Å². The third-order valence-electron chi connectivity index (χ3n) is 15.5. The average molecular weight is 1080 g/mol. The highest BCUT2D eigenvalue weighted by Gasteiger charge is 2.45. The number of piperidine rings is 3. The van der Waals surface area contributed by atoms with Crippen molar-refractivity contribution in [3.8, 4) is 5.75 Å². The number of anilines is 6. The maximum Gasteiger partial charge on any atom is 0.262 e. The number of nitrogens with zero attached hydrogens (tertiary/aromatic N) is 9. The Morgan fingerprint density at radius 3 is 2.21 bits per heavy atom. The van der Waals surface area contributed by atoms with Gasteiger partial charge in [0.05, 0.1) is 50.6 Å². The van der Waals surface area contributed by atoms with Gasteiger partial charge < -0.3 is 34.6 Å². The number of imide groups is 2. The Labute approximate surface area is 431 Å². The molecule has 73 heavy (non-hydrogen) atoms. The van der Waals surface area contributed by atoms with Gasteiger partial charge in [-0.05, 0) is 135 Å². The van der Waals surface area contributed by atoms with E-state index in [1.54, 1.807) is 39.0 Å². The van der Waals surface area contributed by atoms with Crippen molar-refractivity contribution in [2.24, 2.45) is 5.92 Å². The molecule has 0 bridgehead atoms. The molecule has 4 amide bonds. The zero-order valence-corrected chi connectivity index (χ0v) is 43.7. The van der Waals surface area contributed by atoms with E-state index >= 15 is 4.39 Å². The largest absolute Gasteiger partial charge is 0.494 e. The fraction of sp³-hybridized carbons (Fsp3) is 0.462. The highest BCUT2D eigenvalue weighted by molar-refractivity contribution is 9.10. The molecule has 1 unspecified atom stereocenters. The summed E-state index contributed by atoms with van der Waals surface area (Å²) >= 11 is 3.61. The van der Waals surface area contributed by atoms with E-state index in [2.05, 4.69) is 73.7 Å². The number of carbonyl (C=O) groups excluding carboxylic acids is 4. The molecule has 11 rings (SSSR count). The number of aromatic nitrogens is 4. The molecule has 2 aromatic heterocycles. The molecule has 5 aromatic rings. The molecule has 6 aliphatic rings. The third kappa shape index (κ3) is 9.90. The van der Waals surface area contributed by atoms with E-state index in [0.717, 1.165) is 101 Å². The maximum absolute atomic E-state index is 15.6. The zero-order chi connectivity index (χ0) is 50.7. The van der Waals surface area contributed by atoms with Gasteiger partial charge in [0.1, 0.15) is 36.1 Å². The minimum Gasteiger partial charge on any atom is -0.494 e. The Morgan fingerprint density at radius 2 is 1.51 bits per heavy atom. The van der Waals surface area contributed by atoms with Crippen molar-refractivity contribution in [2.75, 3.05) is 99.8 Å². The van der Waals surface area contributed by atoms with Gasteiger partial charge in [0, 0.05) is 88.6 Å². The second-order valence-corrected chi connectivity index (χ2v) is 24.5. The molecule has 1 aliphatic carbocycles. The summed E-state index contributed by atoms with van der Waals surface area (Å²) in [6.07, 6.45) is 11.7. The van der Waals surface area contributed by atoms with Gasteiger partial charge in [-0.1, -0.05) is 0 Å². The quantitative estimate of drug-likeness (QED) is 0.0817. The molecular formula is C52H59BrFN12O6P. The van der Waals surface area contributed by atoms with Crippen molar-refractivity contribution in [1.29, 1.82) is 0 Å². The molecule has 4 saturated heterocycles. The van der Waals surface area contributed by atoms with Gasteiger partial charge in [-0.3, -0.25) is 44.3 Å². The number of nitrogens with one attached hydrogen (secondary N) is 3. The first-order valence-corrected chi connectivity index (χ1v) is 28.7. The number of hydrogen-bond acceptors (Lipinski definition) is 16. The van der Waals surface area contributed by atoms with E-state index < -0.39 is 42.6 Å². The number of piperazine rings is 1. The summed E-state index contributed by atoms with van der Waals surface area (Å²) in [5.41, 5.74) is 5.57. The minimum atomic E-state index is -2.79. The molecule has 1 atom stereocenters. The lowest BCUT2D eigenvalue weighted by Crippen LogP contribution is -2.54. The van der Waals surface area contributed by atoms with Crippen LogP contribution in [0, 0.1) is 11.7 Å². The molecule has 3 aromatic carbocycles. The van der Waals surface area contributed by atoms with Crippen LogP contribution in [-0.4, -0.2) is 150 Å². The Kier molecular flexibility index (Phi) is 13.5. The van der Waals surface area contributed by atoms with Gasteiger partial charge >= 0.3 is 0 Å². The number of carbonyl (C=O) groups is 4. The monoisotopic (exact) mass is 1080 g/mol. The average Bonchev–Trinajstić information content (AvgIpc) is 4.21. The Hall–Kier alpha value is -6.08. The number of benzene rings is 3. The number of amides is 4. The van der Waals surface area contributed by atoms with Crippen LogP contribution in [0.3, 0.4) is 0 Å². The molecule has 5 fully saturated rings. The van der Waals surface area contributed by atoms with Crippen molar-refractivity contribution in [3.63, 3.8) is 0 Å². The van der Waals surface area contributed by atoms with Crippen LogP contribution in [0.4, 0.5) is 38.9 Å². The first-order valence-electron chi connectivity index (χ1n) is 25.3. The summed E-state index contributed by atoms with van der Waals surface area (Å²) < 4.78 is 35.9. The van der Waals surface area contributed by atoms with Gasteiger partial charge in [0.15, 0.2) is 0 Å². The second kappa shape index (κ2) is 20.0. The summed E-state index contributed by atoms with van der Waals surface area (Å²) in [5.74, 6) is -0.380. The van der Waals surface area contributed by atoms with Crippen LogP contribution >= 0.6 is 23.1 Å². The van der Waals surface area contributed by atoms with Crippen molar-refractivity contribution in [1.82, 2.24) is 40.0 Å². The number of hydrogen-bond donors (Lipinski definition) is 3. The molecule has 382 valence electrons. The van der Waals surface area contributed by atoms with Crippen molar-refractivity contribution in [2.45, 2.75) is 69.4 Å². The van der Waals surface area contributed by atoms with Gasteiger partial charge in [-0.25, -0.2) is 9.37 Å². The lowest BCUT2D eigenvalue weighted by atomic mass is 9.92. The summed E-state index contributed by atoms with van der Waals surface area (Å²) in [5, 5.41) is 9.66.